The standard InChI is InChI=1S/C24H27N7O2/c1-15-11-17-12-18(5-6-19(17)25-15)32-24-27-21(26-23-13-20(29-33-23)16-3-4-16)14-22(28-24)31-9-7-30(2)8-10-31/h5-6,11-14,16,25H,3-4,7-10H2,1-2H3,(H,26,27,28). The Morgan fingerprint density at radius 1 is 1.06 bits per heavy atom. The van der Waals surface area contributed by atoms with Crippen LogP contribution in [-0.4, -0.2) is 58.2 Å². The Morgan fingerprint density at radius 3 is 2.73 bits per heavy atom. The van der Waals surface area contributed by atoms with Gasteiger partial charge in [0.25, 0.3) is 0 Å². The predicted molar refractivity (Wildman–Crippen MR) is 127 cm³/mol. The van der Waals surface area contributed by atoms with Gasteiger partial charge in [-0.05, 0) is 51.1 Å². The molecule has 9 heteroatoms. The fraction of sp³-hybridized carbons (Fsp3) is 0.375. The molecule has 1 aliphatic carbocycles. The molecule has 1 aliphatic heterocycles. The molecular weight excluding hydrogens is 418 g/mol. The van der Waals surface area contributed by atoms with Gasteiger partial charge in [0.15, 0.2) is 0 Å². The molecule has 4 heterocycles. The molecule has 0 spiro atoms. The van der Waals surface area contributed by atoms with E-state index in [4.69, 9.17) is 14.2 Å². The van der Waals surface area contributed by atoms with Crippen LogP contribution in [0, 0.1) is 6.92 Å². The third-order valence-corrected chi connectivity index (χ3v) is 6.23. The second-order valence-corrected chi connectivity index (χ2v) is 9.00. The second kappa shape index (κ2) is 8.08. The number of nitrogens with zero attached hydrogens (tertiary/aromatic N) is 5. The summed E-state index contributed by atoms with van der Waals surface area (Å²) in [6.07, 6.45) is 2.35. The number of nitrogens with one attached hydrogen (secondary N) is 2. The van der Waals surface area contributed by atoms with Crippen molar-refractivity contribution in [3.8, 4) is 11.8 Å². The highest BCUT2D eigenvalue weighted by atomic mass is 16.5. The maximum absolute atomic E-state index is 6.12. The van der Waals surface area contributed by atoms with Gasteiger partial charge in [-0.2, -0.15) is 9.97 Å². The van der Waals surface area contributed by atoms with Crippen molar-refractivity contribution >= 4 is 28.4 Å². The summed E-state index contributed by atoms with van der Waals surface area (Å²) in [7, 11) is 2.14. The molecule has 4 aromatic rings. The lowest BCUT2D eigenvalue weighted by atomic mass is 10.2. The van der Waals surface area contributed by atoms with Crippen LogP contribution in [-0.2, 0) is 0 Å². The van der Waals surface area contributed by atoms with Crippen LogP contribution >= 0.6 is 0 Å². The fourth-order valence-electron chi connectivity index (χ4n) is 4.19. The number of aryl methyl sites for hydroxylation is 1. The van der Waals surface area contributed by atoms with Gasteiger partial charge in [0.05, 0.1) is 5.69 Å². The average Bonchev–Trinajstić information content (AvgIpc) is 3.43. The summed E-state index contributed by atoms with van der Waals surface area (Å²) < 4.78 is 11.6. The van der Waals surface area contributed by atoms with Gasteiger partial charge in [-0.15, -0.1) is 0 Å². The van der Waals surface area contributed by atoms with Crippen LogP contribution in [0.2, 0.25) is 0 Å². The lowest BCUT2D eigenvalue weighted by molar-refractivity contribution is 0.311. The minimum absolute atomic E-state index is 0.294. The molecule has 170 valence electrons. The Labute approximate surface area is 191 Å². The van der Waals surface area contributed by atoms with Gasteiger partial charge in [0.2, 0.25) is 5.88 Å². The average molecular weight is 446 g/mol. The number of anilines is 3. The van der Waals surface area contributed by atoms with Crippen LogP contribution in [0.5, 0.6) is 11.8 Å². The summed E-state index contributed by atoms with van der Waals surface area (Å²) in [5, 5.41) is 8.53. The highest BCUT2D eigenvalue weighted by Crippen LogP contribution is 2.40. The summed E-state index contributed by atoms with van der Waals surface area (Å²) in [6, 6.07) is 12.2. The SMILES string of the molecule is Cc1cc2cc(Oc3nc(Nc4cc(C5CC5)no4)cc(N4CCN(C)CC4)n3)ccc2[nH]1. The molecule has 9 nitrogen and oxygen atoms in total. The van der Waals surface area contributed by atoms with Crippen molar-refractivity contribution in [3.63, 3.8) is 0 Å². The molecular formula is C24H27N7O2. The molecule has 0 bridgehead atoms. The first-order valence-corrected chi connectivity index (χ1v) is 11.4. The van der Waals surface area contributed by atoms with Gasteiger partial charge in [0.1, 0.15) is 17.4 Å². The lowest BCUT2D eigenvalue weighted by Gasteiger charge is -2.33. The molecule has 0 unspecified atom stereocenters. The van der Waals surface area contributed by atoms with E-state index in [-0.39, 0.29) is 0 Å². The summed E-state index contributed by atoms with van der Waals surface area (Å²) in [5.41, 5.74) is 3.18. The maximum Gasteiger partial charge on any atom is 0.325 e. The van der Waals surface area contributed by atoms with Crippen molar-refractivity contribution in [2.24, 2.45) is 0 Å². The minimum Gasteiger partial charge on any atom is -0.424 e. The molecule has 33 heavy (non-hydrogen) atoms. The van der Waals surface area contributed by atoms with Crippen LogP contribution in [0.25, 0.3) is 10.9 Å². The highest BCUT2D eigenvalue weighted by Gasteiger charge is 2.27. The van der Waals surface area contributed by atoms with Gasteiger partial charge in [-0.25, -0.2) is 0 Å². The van der Waals surface area contributed by atoms with Crippen molar-refractivity contribution in [2.75, 3.05) is 43.4 Å². The van der Waals surface area contributed by atoms with E-state index in [9.17, 15) is 0 Å². The monoisotopic (exact) mass is 445 g/mol. The summed E-state index contributed by atoms with van der Waals surface area (Å²) in [4.78, 5) is 17.2. The fourth-order valence-corrected chi connectivity index (χ4v) is 4.19. The van der Waals surface area contributed by atoms with E-state index in [0.29, 0.717) is 29.4 Å². The number of ether oxygens (including phenoxy) is 1. The smallest absolute Gasteiger partial charge is 0.325 e. The summed E-state index contributed by atoms with van der Waals surface area (Å²) in [6.45, 7) is 5.81. The number of hydrogen-bond donors (Lipinski definition) is 2. The quantitative estimate of drug-likeness (QED) is 0.450. The zero-order chi connectivity index (χ0) is 22.4. The van der Waals surface area contributed by atoms with Crippen LogP contribution in [0.3, 0.4) is 0 Å². The zero-order valence-electron chi connectivity index (χ0n) is 18.8. The third-order valence-electron chi connectivity index (χ3n) is 6.23. The molecule has 3 aromatic heterocycles. The highest BCUT2D eigenvalue weighted by molar-refractivity contribution is 5.81. The predicted octanol–water partition coefficient (Wildman–Crippen LogP) is 4.42. The molecule has 2 aliphatic rings. The van der Waals surface area contributed by atoms with Gasteiger partial charge in [-0.3, -0.25) is 0 Å². The van der Waals surface area contributed by atoms with E-state index in [0.717, 1.165) is 54.3 Å². The first kappa shape index (κ1) is 20.0. The van der Waals surface area contributed by atoms with Crippen molar-refractivity contribution in [2.45, 2.75) is 25.7 Å². The number of aromatic amines is 1. The number of likely N-dealkylation sites (N-methyl/N-ethyl adjacent to an activating group) is 1. The second-order valence-electron chi connectivity index (χ2n) is 9.00. The first-order chi connectivity index (χ1) is 16.1. The Morgan fingerprint density at radius 2 is 1.91 bits per heavy atom. The summed E-state index contributed by atoms with van der Waals surface area (Å²) in [5.74, 6) is 3.25. The number of aromatic nitrogens is 4. The molecule has 0 radical (unpaired) electrons. The summed E-state index contributed by atoms with van der Waals surface area (Å²) >= 11 is 0. The first-order valence-electron chi connectivity index (χ1n) is 11.4. The normalized spacial score (nSPS) is 17.0. The Balaban J connectivity index is 1.30. The van der Waals surface area contributed by atoms with E-state index < -0.39 is 0 Å². The number of benzene rings is 1. The van der Waals surface area contributed by atoms with E-state index in [1.807, 2.05) is 37.3 Å². The number of H-pyrrole nitrogens is 1. The van der Waals surface area contributed by atoms with Crippen LogP contribution in [0.4, 0.5) is 17.5 Å². The van der Waals surface area contributed by atoms with E-state index in [1.165, 1.54) is 12.8 Å². The van der Waals surface area contributed by atoms with Gasteiger partial charge in [0, 0.05) is 60.8 Å². The number of hydrogen-bond acceptors (Lipinski definition) is 8. The Hall–Kier alpha value is -3.59. The topological polar surface area (TPSA) is 95.3 Å². The van der Waals surface area contributed by atoms with E-state index in [2.05, 4.69) is 43.4 Å². The van der Waals surface area contributed by atoms with Gasteiger partial charge >= 0.3 is 6.01 Å². The minimum atomic E-state index is 0.294. The molecule has 1 saturated carbocycles. The molecule has 2 N–H and O–H groups in total. The van der Waals surface area contributed by atoms with Crippen LogP contribution in [0.15, 0.2) is 40.9 Å². The van der Waals surface area contributed by atoms with Gasteiger partial charge in [-0.1, -0.05) is 5.16 Å². The van der Waals surface area contributed by atoms with Crippen molar-refractivity contribution in [1.29, 1.82) is 0 Å². The van der Waals surface area contributed by atoms with Crippen LogP contribution < -0.4 is 15.0 Å². The van der Waals surface area contributed by atoms with Crippen LogP contribution in [0.1, 0.15) is 30.1 Å². The van der Waals surface area contributed by atoms with E-state index in [1.54, 1.807) is 0 Å². The zero-order valence-corrected chi connectivity index (χ0v) is 18.8. The molecule has 0 amide bonds. The number of fused-ring (bicyclic) bond motifs is 1. The lowest BCUT2D eigenvalue weighted by Crippen LogP contribution is -2.44. The molecule has 1 saturated heterocycles. The maximum atomic E-state index is 6.12. The van der Waals surface area contributed by atoms with Crippen molar-refractivity contribution < 1.29 is 9.26 Å². The molecule has 2 fully saturated rings. The van der Waals surface area contributed by atoms with Crippen molar-refractivity contribution in [1.82, 2.24) is 25.0 Å². The molecule has 0 atom stereocenters. The van der Waals surface area contributed by atoms with Gasteiger partial charge < -0.3 is 29.4 Å². The Bertz CT molecular complexity index is 1290. The Kier molecular flexibility index (Phi) is 4.91. The number of rotatable bonds is 6. The largest absolute Gasteiger partial charge is 0.424 e. The molecule has 1 aromatic carbocycles. The molecule has 6 rings (SSSR count). The van der Waals surface area contributed by atoms with Crippen molar-refractivity contribution in [3.05, 3.63) is 47.8 Å². The third kappa shape index (κ3) is 4.36. The van der Waals surface area contributed by atoms with E-state index >= 15 is 0 Å². The number of piperazine rings is 1.